The quantitative estimate of drug-likeness (QED) is 0.718. The molecule has 0 saturated heterocycles. The number of benzene rings is 1. The number of aromatic carboxylic acids is 1. The van der Waals surface area contributed by atoms with Crippen LogP contribution in [0.1, 0.15) is 29.8 Å². The zero-order valence-electron chi connectivity index (χ0n) is 9.86. The summed E-state index contributed by atoms with van der Waals surface area (Å²) in [5.41, 5.74) is 5.75. The van der Waals surface area contributed by atoms with Gasteiger partial charge < -0.3 is 16.2 Å². The van der Waals surface area contributed by atoms with E-state index in [-0.39, 0.29) is 11.5 Å². The van der Waals surface area contributed by atoms with Gasteiger partial charge in [-0.1, -0.05) is 12.1 Å². The average Bonchev–Trinajstić information content (AvgIpc) is 2.25. The molecule has 17 heavy (non-hydrogen) atoms. The van der Waals surface area contributed by atoms with Gasteiger partial charge in [-0.25, -0.2) is 4.79 Å². The topological polar surface area (TPSA) is 92.4 Å². The third kappa shape index (κ3) is 3.88. The number of nitrogens with one attached hydrogen (secondary N) is 1. The van der Waals surface area contributed by atoms with E-state index in [2.05, 4.69) is 5.32 Å². The monoisotopic (exact) mass is 236 g/mol. The van der Waals surface area contributed by atoms with Gasteiger partial charge in [-0.3, -0.25) is 4.79 Å². The summed E-state index contributed by atoms with van der Waals surface area (Å²) in [6.45, 7) is 3.57. The lowest BCUT2D eigenvalue weighted by molar-refractivity contribution is -0.125. The zero-order valence-corrected chi connectivity index (χ0v) is 9.86. The van der Waals surface area contributed by atoms with Crippen LogP contribution in [0, 0.1) is 0 Å². The zero-order chi connectivity index (χ0) is 13.1. The molecule has 1 aromatic rings. The van der Waals surface area contributed by atoms with Crippen molar-refractivity contribution < 1.29 is 14.7 Å². The van der Waals surface area contributed by atoms with Crippen LogP contribution in [0.15, 0.2) is 24.3 Å². The maximum atomic E-state index is 11.5. The molecular formula is C12H16N2O3. The van der Waals surface area contributed by atoms with E-state index in [1.54, 1.807) is 26.0 Å². The number of rotatable bonds is 4. The van der Waals surface area contributed by atoms with Gasteiger partial charge in [0.25, 0.3) is 0 Å². The van der Waals surface area contributed by atoms with Crippen molar-refractivity contribution in [2.75, 3.05) is 0 Å². The van der Waals surface area contributed by atoms with Gasteiger partial charge in [-0.15, -0.1) is 0 Å². The molecule has 0 aliphatic rings. The number of carbonyl (C=O) groups excluding carboxylic acids is 1. The van der Waals surface area contributed by atoms with Crippen molar-refractivity contribution in [2.24, 2.45) is 5.73 Å². The standard InChI is InChI=1S/C12H16N2O3/c1-12(2,13)11(17)14-7-8-3-5-9(6-4-8)10(15)16/h3-6H,7,13H2,1-2H3,(H,14,17)(H,15,16). The van der Waals surface area contributed by atoms with Gasteiger partial charge in [0.1, 0.15) is 0 Å². The Kier molecular flexibility index (Phi) is 3.85. The number of hydrogen-bond donors (Lipinski definition) is 3. The van der Waals surface area contributed by atoms with Crippen LogP contribution < -0.4 is 11.1 Å². The highest BCUT2D eigenvalue weighted by molar-refractivity contribution is 5.87. The average molecular weight is 236 g/mol. The number of carbonyl (C=O) groups is 2. The fourth-order valence-electron chi connectivity index (χ4n) is 1.18. The second-order valence-corrected chi connectivity index (χ2v) is 4.41. The molecule has 0 bridgehead atoms. The number of carboxylic acid groups (broad SMARTS) is 1. The Bertz CT molecular complexity index is 418. The van der Waals surface area contributed by atoms with E-state index in [0.717, 1.165) is 5.56 Å². The molecule has 0 radical (unpaired) electrons. The molecule has 5 heteroatoms. The first kappa shape index (κ1) is 13.2. The van der Waals surface area contributed by atoms with Crippen LogP contribution in [0.25, 0.3) is 0 Å². The number of nitrogens with two attached hydrogens (primary N) is 1. The van der Waals surface area contributed by atoms with Crippen LogP contribution >= 0.6 is 0 Å². The third-order valence-corrected chi connectivity index (χ3v) is 2.24. The Morgan fingerprint density at radius 1 is 1.29 bits per heavy atom. The highest BCUT2D eigenvalue weighted by atomic mass is 16.4. The van der Waals surface area contributed by atoms with Gasteiger partial charge in [0.15, 0.2) is 0 Å². The van der Waals surface area contributed by atoms with Crippen molar-refractivity contribution in [1.29, 1.82) is 0 Å². The molecule has 1 rings (SSSR count). The summed E-state index contributed by atoms with van der Waals surface area (Å²) in [6, 6.07) is 6.31. The molecule has 0 aliphatic carbocycles. The molecule has 4 N–H and O–H groups in total. The maximum absolute atomic E-state index is 11.5. The Balaban J connectivity index is 2.59. The largest absolute Gasteiger partial charge is 0.478 e. The van der Waals surface area contributed by atoms with Crippen LogP contribution in [0.4, 0.5) is 0 Å². The van der Waals surface area contributed by atoms with E-state index in [1.807, 2.05) is 0 Å². The second-order valence-electron chi connectivity index (χ2n) is 4.41. The minimum Gasteiger partial charge on any atom is -0.478 e. The van der Waals surface area contributed by atoms with Crippen molar-refractivity contribution in [1.82, 2.24) is 5.32 Å². The molecule has 0 aliphatic heterocycles. The van der Waals surface area contributed by atoms with E-state index >= 15 is 0 Å². The summed E-state index contributed by atoms with van der Waals surface area (Å²) in [5, 5.41) is 11.4. The van der Waals surface area contributed by atoms with Gasteiger partial charge >= 0.3 is 5.97 Å². The molecule has 92 valence electrons. The lowest BCUT2D eigenvalue weighted by Crippen LogP contribution is -2.48. The Morgan fingerprint density at radius 3 is 2.24 bits per heavy atom. The molecule has 5 nitrogen and oxygen atoms in total. The molecule has 1 amide bonds. The van der Waals surface area contributed by atoms with E-state index in [1.165, 1.54) is 12.1 Å². The van der Waals surface area contributed by atoms with Gasteiger partial charge in [-0.2, -0.15) is 0 Å². The van der Waals surface area contributed by atoms with Gasteiger partial charge in [0.05, 0.1) is 11.1 Å². The highest BCUT2D eigenvalue weighted by Gasteiger charge is 2.20. The van der Waals surface area contributed by atoms with E-state index in [4.69, 9.17) is 10.8 Å². The van der Waals surface area contributed by atoms with Crippen molar-refractivity contribution >= 4 is 11.9 Å². The Morgan fingerprint density at radius 2 is 1.82 bits per heavy atom. The lowest BCUT2D eigenvalue weighted by atomic mass is 10.1. The van der Waals surface area contributed by atoms with Crippen molar-refractivity contribution in [3.8, 4) is 0 Å². The van der Waals surface area contributed by atoms with Crippen molar-refractivity contribution in [2.45, 2.75) is 25.9 Å². The smallest absolute Gasteiger partial charge is 0.335 e. The van der Waals surface area contributed by atoms with Crippen LogP contribution in [0.3, 0.4) is 0 Å². The maximum Gasteiger partial charge on any atom is 0.335 e. The molecule has 0 fully saturated rings. The fraction of sp³-hybridized carbons (Fsp3) is 0.333. The summed E-state index contributed by atoms with van der Waals surface area (Å²) in [4.78, 5) is 22.1. The second kappa shape index (κ2) is 4.97. The van der Waals surface area contributed by atoms with Crippen molar-refractivity contribution in [3.05, 3.63) is 35.4 Å². The predicted octanol–water partition coefficient (Wildman–Crippen LogP) is 0.738. The van der Waals surface area contributed by atoms with E-state index < -0.39 is 11.5 Å². The molecule has 0 unspecified atom stereocenters. The van der Waals surface area contributed by atoms with Gasteiger partial charge in [0, 0.05) is 6.54 Å². The molecule has 0 saturated carbocycles. The number of carboxylic acids is 1. The van der Waals surface area contributed by atoms with Crippen LogP contribution in [-0.4, -0.2) is 22.5 Å². The van der Waals surface area contributed by atoms with Crippen molar-refractivity contribution in [3.63, 3.8) is 0 Å². The molecule has 1 aromatic carbocycles. The molecule has 0 spiro atoms. The summed E-state index contributed by atoms with van der Waals surface area (Å²) in [5.74, 6) is -1.22. The molecule has 0 atom stereocenters. The third-order valence-electron chi connectivity index (χ3n) is 2.24. The van der Waals surface area contributed by atoms with E-state index in [9.17, 15) is 9.59 Å². The SMILES string of the molecule is CC(C)(N)C(=O)NCc1ccc(C(=O)O)cc1. The molecular weight excluding hydrogens is 220 g/mol. The van der Waals surface area contributed by atoms with E-state index in [0.29, 0.717) is 6.54 Å². The fourth-order valence-corrected chi connectivity index (χ4v) is 1.18. The van der Waals surface area contributed by atoms with Crippen LogP contribution in [0.2, 0.25) is 0 Å². The lowest BCUT2D eigenvalue weighted by Gasteiger charge is -2.17. The minimum absolute atomic E-state index is 0.222. The first-order valence-electron chi connectivity index (χ1n) is 5.20. The predicted molar refractivity (Wildman–Crippen MR) is 63.5 cm³/mol. The number of hydrogen-bond acceptors (Lipinski definition) is 3. The Hall–Kier alpha value is -1.88. The number of amides is 1. The first-order chi connectivity index (χ1) is 7.80. The summed E-state index contributed by atoms with van der Waals surface area (Å²) < 4.78 is 0. The summed E-state index contributed by atoms with van der Waals surface area (Å²) in [6.07, 6.45) is 0. The normalized spacial score (nSPS) is 11.0. The van der Waals surface area contributed by atoms with Gasteiger partial charge in [0.2, 0.25) is 5.91 Å². The highest BCUT2D eigenvalue weighted by Crippen LogP contribution is 2.05. The summed E-state index contributed by atoms with van der Waals surface area (Å²) in [7, 11) is 0. The van der Waals surface area contributed by atoms with Crippen LogP contribution in [-0.2, 0) is 11.3 Å². The minimum atomic E-state index is -0.969. The van der Waals surface area contributed by atoms with Crippen LogP contribution in [0.5, 0.6) is 0 Å². The molecule has 0 aromatic heterocycles. The first-order valence-corrected chi connectivity index (χ1v) is 5.20. The van der Waals surface area contributed by atoms with Gasteiger partial charge in [-0.05, 0) is 31.5 Å². The Labute approximate surface area is 99.6 Å². The molecule has 0 heterocycles. The summed E-state index contributed by atoms with van der Waals surface area (Å²) >= 11 is 0.